The number of carbonyl (C=O) groups is 1. The molecule has 0 heterocycles. The Balaban J connectivity index is 2.59. The van der Waals surface area contributed by atoms with Gasteiger partial charge in [0.1, 0.15) is 6.07 Å². The van der Waals surface area contributed by atoms with Crippen molar-refractivity contribution in [2.45, 2.75) is 20.3 Å². The van der Waals surface area contributed by atoms with E-state index in [0.717, 1.165) is 0 Å². The van der Waals surface area contributed by atoms with Gasteiger partial charge < -0.3 is 5.32 Å². The van der Waals surface area contributed by atoms with Crippen molar-refractivity contribution in [1.29, 1.82) is 5.26 Å². The van der Waals surface area contributed by atoms with Crippen LogP contribution >= 0.6 is 0 Å². The molecule has 0 aliphatic heterocycles. The van der Waals surface area contributed by atoms with E-state index in [1.165, 1.54) is 0 Å². The molecule has 0 bridgehead atoms. The second-order valence-electron chi connectivity index (χ2n) is 4.96. The first-order chi connectivity index (χ1) is 9.34. The first kappa shape index (κ1) is 16.2. The Morgan fingerprint density at radius 1 is 1.35 bits per heavy atom. The SMILES string of the molecule is CC(C)CS(=O)(=O)CCC(=O)Nc1ccccc1C#N. The van der Waals surface area contributed by atoms with Crippen LogP contribution in [0.25, 0.3) is 0 Å². The highest BCUT2D eigenvalue weighted by Gasteiger charge is 2.16. The molecule has 5 nitrogen and oxygen atoms in total. The van der Waals surface area contributed by atoms with E-state index in [1.54, 1.807) is 24.3 Å². The van der Waals surface area contributed by atoms with Crippen LogP contribution in [-0.2, 0) is 14.6 Å². The Kier molecular flexibility index (Phi) is 5.71. The van der Waals surface area contributed by atoms with Gasteiger partial charge in [0.05, 0.1) is 22.8 Å². The number of benzene rings is 1. The van der Waals surface area contributed by atoms with Crippen LogP contribution in [-0.4, -0.2) is 25.8 Å². The predicted molar refractivity (Wildman–Crippen MR) is 77.9 cm³/mol. The molecule has 0 unspecified atom stereocenters. The maximum Gasteiger partial charge on any atom is 0.225 e. The maximum absolute atomic E-state index is 11.7. The summed E-state index contributed by atoms with van der Waals surface area (Å²) in [5.74, 6) is -0.455. The number of amides is 1. The van der Waals surface area contributed by atoms with Crippen molar-refractivity contribution in [3.8, 4) is 6.07 Å². The minimum Gasteiger partial charge on any atom is -0.325 e. The van der Waals surface area contributed by atoms with Crippen LogP contribution in [0.1, 0.15) is 25.8 Å². The number of para-hydroxylation sites is 1. The fourth-order valence-electron chi connectivity index (χ4n) is 1.74. The summed E-state index contributed by atoms with van der Waals surface area (Å²) < 4.78 is 23.4. The maximum atomic E-state index is 11.7. The lowest BCUT2D eigenvalue weighted by Gasteiger charge is -2.08. The summed E-state index contributed by atoms with van der Waals surface area (Å²) in [4.78, 5) is 11.7. The summed E-state index contributed by atoms with van der Waals surface area (Å²) in [7, 11) is -3.21. The fourth-order valence-corrected chi connectivity index (χ4v) is 3.42. The summed E-state index contributed by atoms with van der Waals surface area (Å²) in [6.45, 7) is 3.64. The van der Waals surface area contributed by atoms with Crippen LogP contribution in [0.5, 0.6) is 0 Å². The van der Waals surface area contributed by atoms with Gasteiger partial charge in [-0.25, -0.2) is 8.42 Å². The first-order valence-corrected chi connectivity index (χ1v) is 8.15. The highest BCUT2D eigenvalue weighted by atomic mass is 32.2. The zero-order valence-corrected chi connectivity index (χ0v) is 12.4. The third kappa shape index (κ3) is 5.41. The molecule has 6 heteroatoms. The Bertz CT molecular complexity index is 616. The standard InChI is InChI=1S/C14H18N2O3S/c1-11(2)10-20(18,19)8-7-14(17)16-13-6-4-3-5-12(13)9-15/h3-6,11H,7-8,10H2,1-2H3,(H,16,17). The number of carbonyl (C=O) groups excluding carboxylic acids is 1. The van der Waals surface area contributed by atoms with Crippen molar-refractivity contribution in [3.05, 3.63) is 29.8 Å². The summed E-state index contributed by atoms with van der Waals surface area (Å²) in [5, 5.41) is 11.5. The number of nitrogens with one attached hydrogen (secondary N) is 1. The van der Waals surface area contributed by atoms with Gasteiger partial charge in [0.2, 0.25) is 5.91 Å². The number of hydrogen-bond donors (Lipinski definition) is 1. The number of nitriles is 1. The van der Waals surface area contributed by atoms with Gasteiger partial charge in [-0.2, -0.15) is 5.26 Å². The van der Waals surface area contributed by atoms with Gasteiger partial charge in [-0.3, -0.25) is 4.79 Å². The molecule has 0 spiro atoms. The van der Waals surface area contributed by atoms with Gasteiger partial charge in [-0.15, -0.1) is 0 Å². The topological polar surface area (TPSA) is 87.0 Å². The highest BCUT2D eigenvalue weighted by molar-refractivity contribution is 7.91. The van der Waals surface area contributed by atoms with Crippen molar-refractivity contribution in [2.75, 3.05) is 16.8 Å². The van der Waals surface area contributed by atoms with Crippen molar-refractivity contribution >= 4 is 21.4 Å². The lowest BCUT2D eigenvalue weighted by molar-refractivity contribution is -0.115. The molecule has 1 N–H and O–H groups in total. The molecule has 0 aliphatic rings. The summed E-state index contributed by atoms with van der Waals surface area (Å²) in [5.41, 5.74) is 0.757. The van der Waals surface area contributed by atoms with Gasteiger partial charge in [0.25, 0.3) is 0 Å². The molecule has 0 saturated heterocycles. The molecule has 0 atom stereocenters. The van der Waals surface area contributed by atoms with Crippen LogP contribution < -0.4 is 5.32 Å². The van der Waals surface area contributed by atoms with E-state index in [4.69, 9.17) is 5.26 Å². The van der Waals surface area contributed by atoms with Crippen molar-refractivity contribution in [3.63, 3.8) is 0 Å². The Hall–Kier alpha value is -1.87. The lowest BCUT2D eigenvalue weighted by atomic mass is 10.2. The number of rotatable bonds is 6. The number of hydrogen-bond acceptors (Lipinski definition) is 4. The quantitative estimate of drug-likeness (QED) is 0.868. The van der Waals surface area contributed by atoms with Gasteiger partial charge in [0, 0.05) is 6.42 Å². The minimum absolute atomic E-state index is 0.0439. The van der Waals surface area contributed by atoms with Gasteiger partial charge in [-0.1, -0.05) is 26.0 Å². The number of anilines is 1. The summed E-state index contributed by atoms with van der Waals surface area (Å²) >= 11 is 0. The third-order valence-corrected chi connectivity index (χ3v) is 4.55. The van der Waals surface area contributed by atoms with Crippen molar-refractivity contribution in [2.24, 2.45) is 5.92 Å². The highest BCUT2D eigenvalue weighted by Crippen LogP contribution is 2.14. The second-order valence-corrected chi connectivity index (χ2v) is 7.19. The van der Waals surface area contributed by atoms with E-state index < -0.39 is 15.7 Å². The second kappa shape index (κ2) is 7.06. The molecular formula is C14H18N2O3S. The van der Waals surface area contributed by atoms with Gasteiger partial charge >= 0.3 is 0 Å². The third-order valence-electron chi connectivity index (χ3n) is 2.55. The average molecular weight is 294 g/mol. The lowest BCUT2D eigenvalue weighted by Crippen LogP contribution is -2.21. The Labute approximate surface area is 119 Å². The molecular weight excluding hydrogens is 276 g/mol. The van der Waals surface area contributed by atoms with Gasteiger partial charge in [0.15, 0.2) is 9.84 Å². The van der Waals surface area contributed by atoms with E-state index >= 15 is 0 Å². The molecule has 1 rings (SSSR count). The van der Waals surface area contributed by atoms with Crippen LogP contribution in [0, 0.1) is 17.2 Å². The zero-order valence-electron chi connectivity index (χ0n) is 11.6. The molecule has 1 aromatic carbocycles. The van der Waals surface area contributed by atoms with Crippen molar-refractivity contribution < 1.29 is 13.2 Å². The molecule has 1 amide bonds. The fraction of sp³-hybridized carbons (Fsp3) is 0.429. The van der Waals surface area contributed by atoms with Crippen LogP contribution in [0.15, 0.2) is 24.3 Å². The van der Waals surface area contributed by atoms with Crippen molar-refractivity contribution in [1.82, 2.24) is 0 Å². The minimum atomic E-state index is -3.21. The Morgan fingerprint density at radius 2 is 2.00 bits per heavy atom. The molecule has 0 aromatic heterocycles. The first-order valence-electron chi connectivity index (χ1n) is 6.33. The molecule has 0 saturated carbocycles. The van der Waals surface area contributed by atoms with E-state index in [0.29, 0.717) is 11.3 Å². The van der Waals surface area contributed by atoms with E-state index in [-0.39, 0.29) is 23.8 Å². The monoisotopic (exact) mass is 294 g/mol. The average Bonchev–Trinajstić information content (AvgIpc) is 2.36. The number of sulfone groups is 1. The molecule has 0 aliphatic carbocycles. The molecule has 20 heavy (non-hydrogen) atoms. The molecule has 0 radical (unpaired) electrons. The van der Waals surface area contributed by atoms with Crippen LogP contribution in [0.4, 0.5) is 5.69 Å². The van der Waals surface area contributed by atoms with Gasteiger partial charge in [-0.05, 0) is 18.1 Å². The van der Waals surface area contributed by atoms with E-state index in [1.807, 2.05) is 19.9 Å². The molecule has 1 aromatic rings. The molecule has 108 valence electrons. The zero-order chi connectivity index (χ0) is 15.2. The summed E-state index contributed by atoms with van der Waals surface area (Å²) in [6.07, 6.45) is -0.102. The number of nitrogens with zero attached hydrogens (tertiary/aromatic N) is 1. The Morgan fingerprint density at radius 3 is 2.60 bits per heavy atom. The normalized spacial score (nSPS) is 11.1. The smallest absolute Gasteiger partial charge is 0.225 e. The van der Waals surface area contributed by atoms with E-state index in [9.17, 15) is 13.2 Å². The summed E-state index contributed by atoms with van der Waals surface area (Å²) in [6, 6.07) is 8.56. The van der Waals surface area contributed by atoms with E-state index in [2.05, 4.69) is 5.32 Å². The predicted octanol–water partition coefficient (Wildman–Crippen LogP) is 1.96. The molecule has 0 fully saturated rings. The largest absolute Gasteiger partial charge is 0.325 e. The van der Waals surface area contributed by atoms with Crippen LogP contribution in [0.2, 0.25) is 0 Å². The van der Waals surface area contributed by atoms with Crippen LogP contribution in [0.3, 0.4) is 0 Å².